The van der Waals surface area contributed by atoms with Crippen molar-refractivity contribution in [2.75, 3.05) is 12.5 Å². The van der Waals surface area contributed by atoms with Crippen LogP contribution >= 0.6 is 11.6 Å². The van der Waals surface area contributed by atoms with E-state index in [4.69, 9.17) is 16.3 Å². The number of alkyl halides is 1. The maximum absolute atomic E-state index is 11.9. The van der Waals surface area contributed by atoms with Crippen LogP contribution in [0.15, 0.2) is 0 Å². The van der Waals surface area contributed by atoms with Gasteiger partial charge in [-0.1, -0.05) is 13.8 Å². The third kappa shape index (κ3) is 4.30. The quantitative estimate of drug-likeness (QED) is 0.757. The molecule has 1 fully saturated rings. The lowest BCUT2D eigenvalue weighted by molar-refractivity contribution is -0.125. The zero-order valence-corrected chi connectivity index (χ0v) is 11.1. The molecule has 94 valence electrons. The van der Waals surface area contributed by atoms with Gasteiger partial charge in [-0.3, -0.25) is 4.79 Å². The fourth-order valence-corrected chi connectivity index (χ4v) is 2.25. The number of carbonyl (C=O) groups is 1. The summed E-state index contributed by atoms with van der Waals surface area (Å²) in [7, 11) is 0. The van der Waals surface area contributed by atoms with E-state index in [1.165, 1.54) is 0 Å². The van der Waals surface area contributed by atoms with Gasteiger partial charge < -0.3 is 10.1 Å². The highest BCUT2D eigenvalue weighted by Crippen LogP contribution is 2.19. The lowest BCUT2D eigenvalue weighted by Crippen LogP contribution is -2.41. The van der Waals surface area contributed by atoms with E-state index in [0.717, 1.165) is 12.8 Å². The van der Waals surface area contributed by atoms with Gasteiger partial charge in [-0.15, -0.1) is 11.6 Å². The highest BCUT2D eigenvalue weighted by atomic mass is 35.5. The van der Waals surface area contributed by atoms with Crippen molar-refractivity contribution in [2.24, 2.45) is 11.8 Å². The molecule has 1 N–H and O–H groups in total. The summed E-state index contributed by atoms with van der Waals surface area (Å²) in [5.74, 6) is 1.12. The van der Waals surface area contributed by atoms with E-state index in [2.05, 4.69) is 19.2 Å². The molecular formula is C12H22ClNO2. The molecule has 0 aromatic heterocycles. The van der Waals surface area contributed by atoms with Crippen molar-refractivity contribution in [1.82, 2.24) is 5.32 Å². The minimum atomic E-state index is 0.00730. The Morgan fingerprint density at radius 1 is 1.56 bits per heavy atom. The summed E-state index contributed by atoms with van der Waals surface area (Å²) in [5, 5.41) is 3.01. The van der Waals surface area contributed by atoms with Crippen LogP contribution in [-0.4, -0.2) is 30.5 Å². The molecule has 0 bridgehead atoms. The molecule has 1 saturated heterocycles. The molecule has 1 aliphatic heterocycles. The van der Waals surface area contributed by atoms with Crippen LogP contribution in [0.4, 0.5) is 0 Å². The Balaban J connectivity index is 2.36. The lowest BCUT2D eigenvalue weighted by Gasteiger charge is -2.19. The molecule has 1 heterocycles. The van der Waals surface area contributed by atoms with Crippen molar-refractivity contribution in [2.45, 2.75) is 45.8 Å². The third-order valence-electron chi connectivity index (χ3n) is 2.86. The SMILES string of the molecule is CC(C)CC(CCl)NC(=O)C1COC(C)C1. The summed E-state index contributed by atoms with van der Waals surface area (Å²) in [6.45, 7) is 6.81. The van der Waals surface area contributed by atoms with Crippen molar-refractivity contribution in [3.05, 3.63) is 0 Å². The summed E-state index contributed by atoms with van der Waals surface area (Å²) >= 11 is 5.85. The summed E-state index contributed by atoms with van der Waals surface area (Å²) in [4.78, 5) is 11.9. The number of hydrogen-bond donors (Lipinski definition) is 1. The monoisotopic (exact) mass is 247 g/mol. The Hall–Kier alpha value is -0.280. The standard InChI is InChI=1S/C12H22ClNO2/c1-8(2)4-11(6-13)14-12(15)10-5-9(3)16-7-10/h8-11H,4-7H2,1-3H3,(H,14,15). The molecule has 3 nitrogen and oxygen atoms in total. The van der Waals surface area contributed by atoms with Gasteiger partial charge >= 0.3 is 0 Å². The molecule has 1 amide bonds. The molecule has 0 aliphatic carbocycles. The van der Waals surface area contributed by atoms with Crippen LogP contribution in [-0.2, 0) is 9.53 Å². The van der Waals surface area contributed by atoms with Crippen LogP contribution < -0.4 is 5.32 Å². The second kappa shape index (κ2) is 6.45. The Morgan fingerprint density at radius 3 is 2.69 bits per heavy atom. The second-order valence-electron chi connectivity index (χ2n) is 5.07. The molecule has 4 heteroatoms. The molecule has 1 aliphatic rings. The third-order valence-corrected chi connectivity index (χ3v) is 3.23. The maximum Gasteiger partial charge on any atom is 0.225 e. The van der Waals surface area contributed by atoms with Gasteiger partial charge in [-0.25, -0.2) is 0 Å². The first kappa shape index (κ1) is 13.8. The molecule has 0 saturated carbocycles. The number of nitrogens with one attached hydrogen (secondary N) is 1. The summed E-state index contributed by atoms with van der Waals surface area (Å²) in [6, 6.07) is 0.0880. The van der Waals surface area contributed by atoms with Crippen molar-refractivity contribution in [3.63, 3.8) is 0 Å². The van der Waals surface area contributed by atoms with Crippen LogP contribution in [0.5, 0.6) is 0 Å². The Bertz CT molecular complexity index is 233. The van der Waals surface area contributed by atoms with Gasteiger partial charge in [0.25, 0.3) is 0 Å². The van der Waals surface area contributed by atoms with Crippen LogP contribution in [0.2, 0.25) is 0 Å². The van der Waals surface area contributed by atoms with Gasteiger partial charge in [0.1, 0.15) is 0 Å². The Labute approximate surface area is 103 Å². The van der Waals surface area contributed by atoms with Gasteiger partial charge in [-0.05, 0) is 25.7 Å². The van der Waals surface area contributed by atoms with E-state index in [1.807, 2.05) is 6.92 Å². The van der Waals surface area contributed by atoms with Gasteiger partial charge in [-0.2, -0.15) is 0 Å². The fourth-order valence-electron chi connectivity index (χ4n) is 2.05. The van der Waals surface area contributed by atoms with Gasteiger partial charge in [0.15, 0.2) is 0 Å². The average Bonchev–Trinajstić information content (AvgIpc) is 2.63. The highest BCUT2D eigenvalue weighted by Gasteiger charge is 2.29. The van der Waals surface area contributed by atoms with E-state index in [-0.39, 0.29) is 24.0 Å². The Kier molecular flexibility index (Phi) is 5.56. The summed E-state index contributed by atoms with van der Waals surface area (Å²) in [5.41, 5.74) is 0. The first-order valence-electron chi connectivity index (χ1n) is 6.00. The van der Waals surface area contributed by atoms with E-state index >= 15 is 0 Å². The topological polar surface area (TPSA) is 38.3 Å². The van der Waals surface area contributed by atoms with Crippen LogP contribution in [0.25, 0.3) is 0 Å². The van der Waals surface area contributed by atoms with Gasteiger partial charge in [0, 0.05) is 11.9 Å². The molecule has 0 aromatic rings. The van der Waals surface area contributed by atoms with E-state index in [9.17, 15) is 4.79 Å². The molecule has 0 spiro atoms. The van der Waals surface area contributed by atoms with Crippen molar-refractivity contribution < 1.29 is 9.53 Å². The second-order valence-corrected chi connectivity index (χ2v) is 5.37. The van der Waals surface area contributed by atoms with Gasteiger partial charge in [0.2, 0.25) is 5.91 Å². The number of rotatable bonds is 5. The van der Waals surface area contributed by atoms with E-state index < -0.39 is 0 Å². The smallest absolute Gasteiger partial charge is 0.225 e. The van der Waals surface area contributed by atoms with Crippen LogP contribution in [0.1, 0.15) is 33.6 Å². The highest BCUT2D eigenvalue weighted by molar-refractivity contribution is 6.18. The normalized spacial score (nSPS) is 27.1. The number of carbonyl (C=O) groups excluding carboxylic acids is 1. The van der Waals surface area contributed by atoms with Crippen molar-refractivity contribution in [3.8, 4) is 0 Å². The fraction of sp³-hybridized carbons (Fsp3) is 0.917. The minimum absolute atomic E-state index is 0.00730. The zero-order valence-electron chi connectivity index (χ0n) is 10.3. The lowest BCUT2D eigenvalue weighted by atomic mass is 10.0. The van der Waals surface area contributed by atoms with Crippen LogP contribution in [0, 0.1) is 11.8 Å². The molecule has 3 unspecified atom stereocenters. The predicted molar refractivity (Wildman–Crippen MR) is 65.6 cm³/mol. The average molecular weight is 248 g/mol. The van der Waals surface area contributed by atoms with Crippen molar-refractivity contribution >= 4 is 17.5 Å². The maximum atomic E-state index is 11.9. The summed E-state index contributed by atoms with van der Waals surface area (Å²) < 4.78 is 5.39. The first-order chi connectivity index (χ1) is 7.52. The minimum Gasteiger partial charge on any atom is -0.378 e. The summed E-state index contributed by atoms with van der Waals surface area (Å²) in [6.07, 6.45) is 1.95. The largest absolute Gasteiger partial charge is 0.378 e. The molecule has 16 heavy (non-hydrogen) atoms. The molecule has 1 rings (SSSR count). The van der Waals surface area contributed by atoms with Crippen molar-refractivity contribution in [1.29, 1.82) is 0 Å². The number of hydrogen-bond acceptors (Lipinski definition) is 2. The molecule has 0 aromatic carbocycles. The molecule has 0 radical (unpaired) electrons. The number of ether oxygens (including phenoxy) is 1. The van der Waals surface area contributed by atoms with E-state index in [1.54, 1.807) is 0 Å². The van der Waals surface area contributed by atoms with Crippen LogP contribution in [0.3, 0.4) is 0 Å². The molecule has 3 atom stereocenters. The Morgan fingerprint density at radius 2 is 2.25 bits per heavy atom. The zero-order chi connectivity index (χ0) is 12.1. The predicted octanol–water partition coefficient (Wildman–Crippen LogP) is 2.18. The van der Waals surface area contributed by atoms with E-state index in [0.29, 0.717) is 18.4 Å². The number of amides is 1. The van der Waals surface area contributed by atoms with Gasteiger partial charge in [0.05, 0.1) is 18.6 Å². The molecular weight excluding hydrogens is 226 g/mol. The number of halogens is 1. The first-order valence-corrected chi connectivity index (χ1v) is 6.54.